The van der Waals surface area contributed by atoms with Crippen molar-refractivity contribution in [3.63, 3.8) is 0 Å². The summed E-state index contributed by atoms with van der Waals surface area (Å²) in [5, 5.41) is 0.900. The summed E-state index contributed by atoms with van der Waals surface area (Å²) in [4.78, 5) is 21.9. The van der Waals surface area contributed by atoms with Crippen LogP contribution < -0.4 is 16.5 Å². The second kappa shape index (κ2) is 6.51. The number of nitrogens with zero attached hydrogens (tertiary/aromatic N) is 2. The maximum atomic E-state index is 11.5. The van der Waals surface area contributed by atoms with Gasteiger partial charge in [-0.2, -0.15) is 9.97 Å². The maximum absolute atomic E-state index is 11.5. The van der Waals surface area contributed by atoms with Crippen molar-refractivity contribution in [3.05, 3.63) is 51.4 Å². The molecule has 1 aromatic heterocycles. The van der Waals surface area contributed by atoms with E-state index in [1.165, 1.54) is 0 Å². The number of benzene rings is 1. The number of hydrogen-bond donors (Lipinski definition) is 3. The highest BCUT2D eigenvalue weighted by atomic mass is 35.5. The minimum Gasteiger partial charge on any atom is -0.290 e. The fourth-order valence-electron chi connectivity index (χ4n) is 1.47. The van der Waals surface area contributed by atoms with Gasteiger partial charge in [0.1, 0.15) is 5.82 Å². The van der Waals surface area contributed by atoms with E-state index in [0.29, 0.717) is 28.0 Å². The molecule has 0 aliphatic heterocycles. The third-order valence-electron chi connectivity index (χ3n) is 2.23. The van der Waals surface area contributed by atoms with Crippen LogP contribution in [-0.2, 0) is 0 Å². The van der Waals surface area contributed by atoms with Crippen LogP contribution in [0.5, 0.6) is 0 Å². The van der Waals surface area contributed by atoms with Crippen LogP contribution >= 0.6 is 23.2 Å². The van der Waals surface area contributed by atoms with Crippen molar-refractivity contribution >= 4 is 29.2 Å². The minimum absolute atomic E-state index is 0.140. The Morgan fingerprint density at radius 3 is 2.60 bits per heavy atom. The largest absolute Gasteiger partial charge is 0.349 e. The van der Waals surface area contributed by atoms with E-state index in [2.05, 4.69) is 32.4 Å². The Balaban J connectivity index is 2.36. The number of anilines is 1. The second-order valence-corrected chi connectivity index (χ2v) is 4.65. The quantitative estimate of drug-likeness (QED) is 0.448. The molecule has 0 saturated heterocycles. The van der Waals surface area contributed by atoms with Crippen molar-refractivity contribution in [2.75, 3.05) is 12.0 Å². The molecule has 0 spiro atoms. The van der Waals surface area contributed by atoms with Crippen LogP contribution in [0.25, 0.3) is 11.4 Å². The summed E-state index contributed by atoms with van der Waals surface area (Å²) in [5.41, 5.74) is 5.54. The number of aromatic amines is 1. The lowest BCUT2D eigenvalue weighted by Gasteiger charge is -2.06. The lowest BCUT2D eigenvalue weighted by atomic mass is 10.2. The first-order chi connectivity index (χ1) is 9.58. The number of nitrogens with one attached hydrogen (secondary N) is 3. The summed E-state index contributed by atoms with van der Waals surface area (Å²) in [6.45, 7) is 4.05. The zero-order chi connectivity index (χ0) is 14.5. The predicted molar refractivity (Wildman–Crippen MR) is 79.9 cm³/mol. The van der Waals surface area contributed by atoms with Crippen LogP contribution in [0.3, 0.4) is 0 Å². The lowest BCUT2D eigenvalue weighted by Crippen LogP contribution is -2.26. The van der Waals surface area contributed by atoms with Crippen LogP contribution in [0, 0.1) is 0 Å². The van der Waals surface area contributed by atoms with E-state index in [9.17, 15) is 4.79 Å². The van der Waals surface area contributed by atoms with Crippen molar-refractivity contribution < 1.29 is 0 Å². The van der Waals surface area contributed by atoms with Gasteiger partial charge in [-0.05, 0) is 18.2 Å². The number of aromatic nitrogens is 3. The van der Waals surface area contributed by atoms with Gasteiger partial charge in [-0.25, -0.2) is 10.2 Å². The first-order valence-corrected chi connectivity index (χ1v) is 6.38. The topological polar surface area (TPSA) is 82.7 Å². The number of H-pyrrole nitrogens is 1. The Hall–Kier alpha value is -1.89. The SMILES string of the molecule is C=CCNNc1nc(-c2cc(Cl)cc(Cl)c2)[nH]c(=O)n1. The Labute approximate surface area is 124 Å². The molecule has 0 fully saturated rings. The van der Waals surface area contributed by atoms with E-state index in [0.717, 1.165) is 0 Å². The first kappa shape index (κ1) is 14.5. The van der Waals surface area contributed by atoms with Gasteiger partial charge in [0.05, 0.1) is 0 Å². The molecule has 6 nitrogen and oxygen atoms in total. The molecular formula is C12H11Cl2N5O. The standard InChI is InChI=1S/C12H11Cl2N5O/c1-2-3-15-19-11-16-10(17-12(20)18-11)7-4-8(13)6-9(14)5-7/h2,4-6,15H,1,3H2,(H2,16,17,18,19,20). The molecule has 20 heavy (non-hydrogen) atoms. The fraction of sp³-hybridized carbons (Fsp3) is 0.0833. The van der Waals surface area contributed by atoms with Crippen molar-refractivity contribution in [1.82, 2.24) is 20.4 Å². The van der Waals surface area contributed by atoms with Gasteiger partial charge in [-0.1, -0.05) is 29.3 Å². The summed E-state index contributed by atoms with van der Waals surface area (Å²) >= 11 is 11.8. The predicted octanol–water partition coefficient (Wildman–Crippen LogP) is 2.24. The zero-order valence-corrected chi connectivity index (χ0v) is 11.8. The van der Waals surface area contributed by atoms with Crippen molar-refractivity contribution in [2.45, 2.75) is 0 Å². The van der Waals surface area contributed by atoms with Crippen LogP contribution in [-0.4, -0.2) is 21.5 Å². The Morgan fingerprint density at radius 1 is 1.25 bits per heavy atom. The molecule has 3 N–H and O–H groups in total. The average molecular weight is 312 g/mol. The van der Waals surface area contributed by atoms with Gasteiger partial charge in [0.15, 0.2) is 0 Å². The summed E-state index contributed by atoms with van der Waals surface area (Å²) in [7, 11) is 0. The van der Waals surface area contributed by atoms with Crippen molar-refractivity contribution in [1.29, 1.82) is 0 Å². The lowest BCUT2D eigenvalue weighted by molar-refractivity contribution is 0.854. The van der Waals surface area contributed by atoms with Gasteiger partial charge in [0.25, 0.3) is 0 Å². The molecule has 0 saturated carbocycles. The van der Waals surface area contributed by atoms with E-state index in [1.54, 1.807) is 24.3 Å². The van der Waals surface area contributed by atoms with Crippen molar-refractivity contribution in [3.8, 4) is 11.4 Å². The van der Waals surface area contributed by atoms with Crippen LogP contribution in [0.1, 0.15) is 0 Å². The highest BCUT2D eigenvalue weighted by Crippen LogP contribution is 2.24. The minimum atomic E-state index is -0.533. The van der Waals surface area contributed by atoms with Gasteiger partial charge < -0.3 is 0 Å². The smallest absolute Gasteiger partial charge is 0.290 e. The first-order valence-electron chi connectivity index (χ1n) is 5.63. The summed E-state index contributed by atoms with van der Waals surface area (Å²) in [5.74, 6) is 0.457. The Bertz CT molecular complexity index is 666. The molecule has 0 atom stereocenters. The van der Waals surface area contributed by atoms with Crippen molar-refractivity contribution in [2.24, 2.45) is 0 Å². The third-order valence-corrected chi connectivity index (χ3v) is 2.67. The maximum Gasteiger partial charge on any atom is 0.349 e. The molecule has 0 bridgehead atoms. The molecule has 0 radical (unpaired) electrons. The van der Waals surface area contributed by atoms with E-state index in [4.69, 9.17) is 23.2 Å². The molecule has 2 aromatic rings. The van der Waals surface area contributed by atoms with Gasteiger partial charge in [-0.15, -0.1) is 6.58 Å². The molecule has 0 aliphatic rings. The van der Waals surface area contributed by atoms with E-state index in [-0.39, 0.29) is 5.95 Å². The number of hydrazine groups is 1. The molecule has 104 valence electrons. The molecule has 0 aliphatic carbocycles. The number of rotatable bonds is 5. The monoisotopic (exact) mass is 311 g/mol. The molecule has 8 heteroatoms. The number of halogens is 2. The molecule has 2 rings (SSSR count). The van der Waals surface area contributed by atoms with Crippen LogP contribution in [0.15, 0.2) is 35.6 Å². The highest BCUT2D eigenvalue weighted by molar-refractivity contribution is 6.35. The average Bonchev–Trinajstić information content (AvgIpc) is 2.37. The van der Waals surface area contributed by atoms with Crippen LogP contribution in [0.2, 0.25) is 10.0 Å². The summed E-state index contributed by atoms with van der Waals surface area (Å²) in [6.07, 6.45) is 1.65. The third kappa shape index (κ3) is 3.80. The Kier molecular flexibility index (Phi) is 4.73. The molecule has 0 unspecified atom stereocenters. The van der Waals surface area contributed by atoms with E-state index < -0.39 is 5.69 Å². The molecule has 0 amide bonds. The van der Waals surface area contributed by atoms with Gasteiger partial charge in [-0.3, -0.25) is 10.4 Å². The summed E-state index contributed by atoms with van der Waals surface area (Å²) < 4.78 is 0. The highest BCUT2D eigenvalue weighted by Gasteiger charge is 2.07. The Morgan fingerprint density at radius 2 is 1.95 bits per heavy atom. The van der Waals surface area contributed by atoms with Gasteiger partial charge >= 0.3 is 5.69 Å². The van der Waals surface area contributed by atoms with E-state index >= 15 is 0 Å². The molecular weight excluding hydrogens is 301 g/mol. The zero-order valence-electron chi connectivity index (χ0n) is 10.3. The van der Waals surface area contributed by atoms with E-state index in [1.807, 2.05) is 0 Å². The van der Waals surface area contributed by atoms with Gasteiger partial charge in [0.2, 0.25) is 5.95 Å². The van der Waals surface area contributed by atoms with Crippen LogP contribution in [0.4, 0.5) is 5.95 Å². The number of hydrogen-bond acceptors (Lipinski definition) is 5. The normalized spacial score (nSPS) is 10.3. The summed E-state index contributed by atoms with van der Waals surface area (Å²) in [6, 6.07) is 4.88. The molecule has 1 heterocycles. The molecule has 1 aromatic carbocycles. The fourth-order valence-corrected chi connectivity index (χ4v) is 2.00. The van der Waals surface area contributed by atoms with Gasteiger partial charge in [0, 0.05) is 22.2 Å². The second-order valence-electron chi connectivity index (χ2n) is 3.78.